The molecule has 25 heavy (non-hydrogen) atoms. The molecule has 0 saturated heterocycles. The number of benzene rings is 3. The molecule has 0 atom stereocenters. The van der Waals surface area contributed by atoms with E-state index in [0.717, 1.165) is 26.5 Å². The molecule has 5 heteroatoms. The fraction of sp³-hybridized carbons (Fsp3) is 0.0500. The third-order valence-electron chi connectivity index (χ3n) is 4.13. The van der Waals surface area contributed by atoms with Crippen LogP contribution in [0.2, 0.25) is 0 Å². The maximum atomic E-state index is 13.0. The molecule has 0 amide bonds. The van der Waals surface area contributed by atoms with Gasteiger partial charge >= 0.3 is 0 Å². The molecule has 0 spiro atoms. The van der Waals surface area contributed by atoms with Crippen molar-refractivity contribution in [3.8, 4) is 5.75 Å². The summed E-state index contributed by atoms with van der Waals surface area (Å²) in [6.45, 7) is 0. The zero-order valence-electron chi connectivity index (χ0n) is 13.6. The highest BCUT2D eigenvalue weighted by molar-refractivity contribution is 7.25. The zero-order chi connectivity index (χ0) is 17.4. The minimum Gasteiger partial charge on any atom is -0.497 e. The predicted octanol–water partition coefficient (Wildman–Crippen LogP) is 4.75. The van der Waals surface area contributed by atoms with Crippen molar-refractivity contribution in [3.05, 3.63) is 70.9 Å². The van der Waals surface area contributed by atoms with Crippen molar-refractivity contribution in [1.29, 1.82) is 0 Å². The van der Waals surface area contributed by atoms with E-state index >= 15 is 0 Å². The predicted molar refractivity (Wildman–Crippen MR) is 106 cm³/mol. The number of rotatable bonds is 3. The van der Waals surface area contributed by atoms with E-state index in [2.05, 4.69) is 5.32 Å². The molecule has 1 aromatic heterocycles. The van der Waals surface area contributed by atoms with Gasteiger partial charge in [-0.1, -0.05) is 12.1 Å². The maximum absolute atomic E-state index is 13.0. The Morgan fingerprint density at radius 3 is 2.52 bits per heavy atom. The molecular formula is C20H16N2O2S. The van der Waals surface area contributed by atoms with E-state index in [1.54, 1.807) is 7.11 Å². The molecule has 4 nitrogen and oxygen atoms in total. The average molecular weight is 348 g/mol. The molecule has 0 radical (unpaired) electrons. The van der Waals surface area contributed by atoms with Gasteiger partial charge in [0.15, 0.2) is 5.43 Å². The van der Waals surface area contributed by atoms with Crippen LogP contribution < -0.4 is 21.2 Å². The number of methoxy groups -OCH3 is 1. The molecule has 4 rings (SSSR count). The first kappa shape index (κ1) is 15.5. The summed E-state index contributed by atoms with van der Waals surface area (Å²) >= 11 is 1.54. The highest BCUT2D eigenvalue weighted by Gasteiger charge is 2.12. The number of nitrogen functional groups attached to an aromatic ring is 1. The van der Waals surface area contributed by atoms with E-state index in [-0.39, 0.29) is 5.43 Å². The van der Waals surface area contributed by atoms with Crippen LogP contribution in [0.15, 0.2) is 65.5 Å². The molecule has 0 aliphatic carbocycles. The first-order valence-corrected chi connectivity index (χ1v) is 8.64. The Labute approximate surface area is 148 Å². The molecule has 4 aromatic rings. The summed E-state index contributed by atoms with van der Waals surface area (Å²) in [4.78, 5) is 13.0. The van der Waals surface area contributed by atoms with Crippen molar-refractivity contribution < 1.29 is 4.74 Å². The Bertz CT molecular complexity index is 1130. The van der Waals surface area contributed by atoms with Gasteiger partial charge in [-0.25, -0.2) is 0 Å². The number of hydrogen-bond acceptors (Lipinski definition) is 5. The molecule has 3 N–H and O–H groups in total. The lowest BCUT2D eigenvalue weighted by Gasteiger charge is -2.12. The van der Waals surface area contributed by atoms with Crippen LogP contribution >= 0.6 is 11.3 Å². The smallest absolute Gasteiger partial charge is 0.198 e. The SMILES string of the molecule is COc1ccc(Nc2ccc(N)c3sc4ccccc4c(=O)c23)cc1. The second-order valence-electron chi connectivity index (χ2n) is 5.69. The fourth-order valence-electron chi connectivity index (χ4n) is 2.86. The number of fused-ring (bicyclic) bond motifs is 2. The standard InChI is InChI=1S/C20H16N2O2S/c1-24-13-8-6-12(7-9-13)22-16-11-10-15(21)20-18(16)19(23)14-4-2-3-5-17(14)25-20/h2-11,22H,21H2,1H3. The van der Waals surface area contributed by atoms with Crippen molar-refractivity contribution in [2.45, 2.75) is 0 Å². The quantitative estimate of drug-likeness (QED) is 0.414. The van der Waals surface area contributed by atoms with Crippen LogP contribution in [0.3, 0.4) is 0 Å². The lowest BCUT2D eigenvalue weighted by molar-refractivity contribution is 0.415. The second kappa shape index (κ2) is 6.11. The molecule has 0 unspecified atom stereocenters. The second-order valence-corrected chi connectivity index (χ2v) is 6.74. The van der Waals surface area contributed by atoms with Gasteiger partial charge in [0.1, 0.15) is 5.75 Å². The van der Waals surface area contributed by atoms with Gasteiger partial charge in [0, 0.05) is 21.5 Å². The van der Waals surface area contributed by atoms with E-state index in [0.29, 0.717) is 16.5 Å². The number of ether oxygens (including phenoxy) is 1. The average Bonchev–Trinajstić information content (AvgIpc) is 2.65. The normalized spacial score (nSPS) is 10.9. The summed E-state index contributed by atoms with van der Waals surface area (Å²) in [5, 5.41) is 4.66. The monoisotopic (exact) mass is 348 g/mol. The van der Waals surface area contributed by atoms with Gasteiger partial charge in [0.25, 0.3) is 0 Å². The van der Waals surface area contributed by atoms with Crippen molar-refractivity contribution >= 4 is 48.6 Å². The topological polar surface area (TPSA) is 64.3 Å². The molecular weight excluding hydrogens is 332 g/mol. The molecule has 1 heterocycles. The van der Waals surface area contributed by atoms with Crippen molar-refractivity contribution in [3.63, 3.8) is 0 Å². The molecule has 0 bridgehead atoms. The number of anilines is 3. The van der Waals surface area contributed by atoms with Gasteiger partial charge in [-0.2, -0.15) is 0 Å². The van der Waals surface area contributed by atoms with E-state index in [1.165, 1.54) is 11.3 Å². The number of hydrogen-bond donors (Lipinski definition) is 2. The minimum absolute atomic E-state index is 0.00679. The van der Waals surface area contributed by atoms with Crippen molar-refractivity contribution in [2.24, 2.45) is 0 Å². The first-order chi connectivity index (χ1) is 12.2. The molecule has 3 aromatic carbocycles. The Morgan fingerprint density at radius 2 is 1.76 bits per heavy atom. The summed E-state index contributed by atoms with van der Waals surface area (Å²) in [6, 6.07) is 18.9. The molecule has 0 saturated carbocycles. The summed E-state index contributed by atoms with van der Waals surface area (Å²) in [5.74, 6) is 0.783. The van der Waals surface area contributed by atoms with Crippen LogP contribution in [0.1, 0.15) is 0 Å². The van der Waals surface area contributed by atoms with E-state index in [9.17, 15) is 4.79 Å². The Hall–Kier alpha value is -3.05. The van der Waals surface area contributed by atoms with Gasteiger partial charge in [-0.05, 0) is 48.5 Å². The summed E-state index contributed by atoms with van der Waals surface area (Å²) in [5.41, 5.74) is 8.38. The number of nitrogens with one attached hydrogen (secondary N) is 1. The van der Waals surface area contributed by atoms with E-state index in [4.69, 9.17) is 10.5 Å². The molecule has 0 aliphatic rings. The Balaban J connectivity index is 1.93. The zero-order valence-corrected chi connectivity index (χ0v) is 14.4. The van der Waals surface area contributed by atoms with Gasteiger partial charge in [-0.3, -0.25) is 4.79 Å². The van der Waals surface area contributed by atoms with E-state index < -0.39 is 0 Å². The van der Waals surface area contributed by atoms with Gasteiger partial charge < -0.3 is 15.8 Å². The molecule has 124 valence electrons. The molecule has 0 fully saturated rings. The van der Waals surface area contributed by atoms with Crippen LogP contribution in [0.4, 0.5) is 17.1 Å². The van der Waals surface area contributed by atoms with Gasteiger partial charge in [0.2, 0.25) is 0 Å². The fourth-order valence-corrected chi connectivity index (χ4v) is 3.98. The summed E-state index contributed by atoms with van der Waals surface area (Å²) < 4.78 is 6.93. The van der Waals surface area contributed by atoms with Crippen LogP contribution in [0.5, 0.6) is 5.75 Å². The van der Waals surface area contributed by atoms with E-state index in [1.807, 2.05) is 60.7 Å². The van der Waals surface area contributed by atoms with Crippen LogP contribution in [-0.2, 0) is 0 Å². The highest BCUT2D eigenvalue weighted by Crippen LogP contribution is 2.34. The largest absolute Gasteiger partial charge is 0.497 e. The van der Waals surface area contributed by atoms with Crippen molar-refractivity contribution in [1.82, 2.24) is 0 Å². The van der Waals surface area contributed by atoms with Crippen molar-refractivity contribution in [2.75, 3.05) is 18.2 Å². The van der Waals surface area contributed by atoms with Crippen LogP contribution in [0.25, 0.3) is 20.2 Å². The highest BCUT2D eigenvalue weighted by atomic mass is 32.1. The summed E-state index contributed by atoms with van der Waals surface area (Å²) in [6.07, 6.45) is 0. The Kier molecular flexibility index (Phi) is 3.78. The maximum Gasteiger partial charge on any atom is 0.198 e. The van der Waals surface area contributed by atoms with Gasteiger partial charge in [0.05, 0.1) is 22.9 Å². The third kappa shape index (κ3) is 2.68. The van der Waals surface area contributed by atoms with Crippen LogP contribution in [-0.4, -0.2) is 7.11 Å². The first-order valence-electron chi connectivity index (χ1n) is 7.82. The Morgan fingerprint density at radius 1 is 1.00 bits per heavy atom. The van der Waals surface area contributed by atoms with Crippen LogP contribution in [0, 0.1) is 0 Å². The lowest BCUT2D eigenvalue weighted by atomic mass is 10.1. The minimum atomic E-state index is -0.00679. The van der Waals surface area contributed by atoms with Gasteiger partial charge in [-0.15, -0.1) is 11.3 Å². The molecule has 0 aliphatic heterocycles. The lowest BCUT2D eigenvalue weighted by Crippen LogP contribution is -2.05. The summed E-state index contributed by atoms with van der Waals surface area (Å²) in [7, 11) is 1.63. The number of nitrogens with two attached hydrogens (primary N) is 1. The third-order valence-corrected chi connectivity index (χ3v) is 5.35.